The third-order valence-electron chi connectivity index (χ3n) is 5.06. The molecule has 0 radical (unpaired) electrons. The van der Waals surface area contributed by atoms with Gasteiger partial charge in [-0.05, 0) is 49.2 Å². The van der Waals surface area contributed by atoms with Crippen LogP contribution in [0.4, 0.5) is 24.5 Å². The first-order valence-corrected chi connectivity index (χ1v) is 10.0. The number of pyridine rings is 1. The van der Waals surface area contributed by atoms with Crippen LogP contribution in [0.5, 0.6) is 5.75 Å². The summed E-state index contributed by atoms with van der Waals surface area (Å²) in [6.45, 7) is 0.0463. The highest BCUT2D eigenvalue weighted by molar-refractivity contribution is 6.30. The topological polar surface area (TPSA) is 63.2 Å². The van der Waals surface area contributed by atoms with Crippen LogP contribution in [-0.4, -0.2) is 18.0 Å². The zero-order valence-electron chi connectivity index (χ0n) is 16.5. The van der Waals surface area contributed by atoms with Crippen LogP contribution in [0.25, 0.3) is 10.9 Å². The standard InChI is InChI=1S/C22H19ClF3N3O2/c1-31-16-6-4-13-8-14(20(23)29-19(13)10-16)11-27-18-7-5-15(9-17(18)22(24,25)26)28-21(30)12-2-3-12/h4-10,12,27H,2-3,11H2,1H3,(H,28,30). The second kappa shape index (κ2) is 8.26. The lowest BCUT2D eigenvalue weighted by Crippen LogP contribution is -2.16. The fourth-order valence-corrected chi connectivity index (χ4v) is 3.42. The quantitative estimate of drug-likeness (QED) is 0.461. The van der Waals surface area contributed by atoms with E-state index in [9.17, 15) is 18.0 Å². The molecule has 3 aromatic rings. The predicted octanol–water partition coefficient (Wildman–Crippen LogP) is 5.88. The minimum absolute atomic E-state index is 0.0463. The van der Waals surface area contributed by atoms with Crippen LogP contribution in [0.1, 0.15) is 24.0 Å². The molecule has 1 amide bonds. The highest BCUT2D eigenvalue weighted by atomic mass is 35.5. The molecule has 1 aliphatic carbocycles. The Morgan fingerprint density at radius 3 is 2.65 bits per heavy atom. The highest BCUT2D eigenvalue weighted by Gasteiger charge is 2.35. The van der Waals surface area contributed by atoms with Gasteiger partial charge in [0.1, 0.15) is 10.9 Å². The molecular weight excluding hydrogens is 431 g/mol. The lowest BCUT2D eigenvalue weighted by Gasteiger charge is -2.17. The van der Waals surface area contributed by atoms with Gasteiger partial charge in [-0.25, -0.2) is 4.98 Å². The predicted molar refractivity (Wildman–Crippen MR) is 113 cm³/mol. The molecule has 4 rings (SSSR count). The summed E-state index contributed by atoms with van der Waals surface area (Å²) >= 11 is 6.25. The Morgan fingerprint density at radius 2 is 1.97 bits per heavy atom. The van der Waals surface area contributed by atoms with Crippen LogP contribution in [0.3, 0.4) is 0 Å². The van der Waals surface area contributed by atoms with Gasteiger partial charge in [0.25, 0.3) is 0 Å². The molecule has 2 aromatic carbocycles. The van der Waals surface area contributed by atoms with Crippen LogP contribution in [0, 0.1) is 5.92 Å². The van der Waals surface area contributed by atoms with Gasteiger partial charge in [-0.2, -0.15) is 13.2 Å². The smallest absolute Gasteiger partial charge is 0.418 e. The summed E-state index contributed by atoms with van der Waals surface area (Å²) in [5.74, 6) is 0.278. The molecule has 2 N–H and O–H groups in total. The molecule has 0 bridgehead atoms. The Morgan fingerprint density at radius 1 is 1.19 bits per heavy atom. The SMILES string of the molecule is COc1ccc2cc(CNc3ccc(NC(=O)C4CC4)cc3C(F)(F)F)c(Cl)nc2c1. The number of nitrogens with zero attached hydrogens (tertiary/aromatic N) is 1. The molecule has 9 heteroatoms. The maximum Gasteiger partial charge on any atom is 0.418 e. The van der Waals surface area contributed by atoms with E-state index in [1.54, 1.807) is 31.4 Å². The van der Waals surface area contributed by atoms with Gasteiger partial charge in [0, 0.05) is 40.9 Å². The van der Waals surface area contributed by atoms with E-state index in [1.165, 1.54) is 12.1 Å². The molecule has 162 valence electrons. The van der Waals surface area contributed by atoms with Crippen molar-refractivity contribution in [2.45, 2.75) is 25.6 Å². The van der Waals surface area contributed by atoms with E-state index in [2.05, 4.69) is 15.6 Å². The molecule has 31 heavy (non-hydrogen) atoms. The molecule has 0 spiro atoms. The zero-order valence-corrected chi connectivity index (χ0v) is 17.3. The third-order valence-corrected chi connectivity index (χ3v) is 5.39. The van der Waals surface area contributed by atoms with Crippen LogP contribution in [-0.2, 0) is 17.5 Å². The second-order valence-electron chi connectivity index (χ2n) is 7.37. The van der Waals surface area contributed by atoms with Gasteiger partial charge in [-0.1, -0.05) is 11.6 Å². The normalized spacial score (nSPS) is 13.8. The number of methoxy groups -OCH3 is 1. The summed E-state index contributed by atoms with van der Waals surface area (Å²) in [6.07, 6.45) is -3.06. The number of carbonyl (C=O) groups is 1. The van der Waals surface area contributed by atoms with Crippen LogP contribution in [0.15, 0.2) is 42.5 Å². The number of amides is 1. The van der Waals surface area contributed by atoms with E-state index >= 15 is 0 Å². The first-order valence-electron chi connectivity index (χ1n) is 9.64. The number of ether oxygens (including phenoxy) is 1. The van der Waals surface area contributed by atoms with Gasteiger partial charge in [0.05, 0.1) is 18.2 Å². The van der Waals surface area contributed by atoms with Crippen LogP contribution in [0.2, 0.25) is 5.15 Å². The van der Waals surface area contributed by atoms with E-state index in [0.717, 1.165) is 24.3 Å². The number of aromatic nitrogens is 1. The number of halogens is 4. The average Bonchev–Trinajstić information content (AvgIpc) is 3.57. The summed E-state index contributed by atoms with van der Waals surface area (Å²) in [6, 6.07) is 10.8. The van der Waals surface area contributed by atoms with Crippen molar-refractivity contribution in [3.63, 3.8) is 0 Å². The summed E-state index contributed by atoms with van der Waals surface area (Å²) in [5.41, 5.74) is 0.325. The van der Waals surface area contributed by atoms with Crippen LogP contribution < -0.4 is 15.4 Å². The monoisotopic (exact) mass is 449 g/mol. The van der Waals surface area contributed by atoms with Gasteiger partial charge < -0.3 is 15.4 Å². The summed E-state index contributed by atoms with van der Waals surface area (Å²) < 4.78 is 46.0. The number of hydrogen-bond donors (Lipinski definition) is 2. The van der Waals surface area contributed by atoms with Crippen LogP contribution >= 0.6 is 11.6 Å². The van der Waals surface area contributed by atoms with Crippen molar-refractivity contribution in [1.29, 1.82) is 0 Å². The second-order valence-corrected chi connectivity index (χ2v) is 7.73. The average molecular weight is 450 g/mol. The lowest BCUT2D eigenvalue weighted by molar-refractivity contribution is -0.137. The highest BCUT2D eigenvalue weighted by Crippen LogP contribution is 2.38. The Kier molecular flexibility index (Phi) is 5.66. The largest absolute Gasteiger partial charge is 0.497 e. The van der Waals surface area contributed by atoms with Crippen molar-refractivity contribution in [3.05, 3.63) is 58.7 Å². The van der Waals surface area contributed by atoms with E-state index in [4.69, 9.17) is 16.3 Å². The molecule has 1 aromatic heterocycles. The number of rotatable bonds is 6. The molecule has 1 fully saturated rings. The summed E-state index contributed by atoms with van der Waals surface area (Å²) in [5, 5.41) is 6.32. The number of nitrogens with one attached hydrogen (secondary N) is 2. The Hall–Kier alpha value is -3.00. The number of carbonyl (C=O) groups excluding carboxylic acids is 1. The third kappa shape index (κ3) is 4.85. The molecule has 1 heterocycles. The Bertz CT molecular complexity index is 1150. The van der Waals surface area contributed by atoms with Gasteiger partial charge in [0.2, 0.25) is 5.91 Å². The number of hydrogen-bond acceptors (Lipinski definition) is 4. The lowest BCUT2D eigenvalue weighted by atomic mass is 10.1. The minimum atomic E-state index is -4.59. The van der Waals surface area contributed by atoms with Crippen molar-refractivity contribution in [3.8, 4) is 5.75 Å². The first-order chi connectivity index (χ1) is 14.7. The van der Waals surface area contributed by atoms with E-state index in [0.29, 0.717) is 16.8 Å². The van der Waals surface area contributed by atoms with Gasteiger partial charge in [0.15, 0.2) is 0 Å². The Labute approximate surface area is 181 Å². The number of fused-ring (bicyclic) bond motifs is 1. The summed E-state index contributed by atoms with van der Waals surface area (Å²) in [7, 11) is 1.54. The van der Waals surface area contributed by atoms with Gasteiger partial charge >= 0.3 is 6.18 Å². The molecule has 0 unspecified atom stereocenters. The Balaban J connectivity index is 1.57. The van der Waals surface area contributed by atoms with Crippen molar-refractivity contribution < 1.29 is 22.7 Å². The summed E-state index contributed by atoms with van der Waals surface area (Å²) in [4.78, 5) is 16.2. The minimum Gasteiger partial charge on any atom is -0.497 e. The van der Waals surface area contributed by atoms with Crippen molar-refractivity contribution in [2.24, 2.45) is 5.92 Å². The molecule has 1 aliphatic rings. The van der Waals surface area contributed by atoms with E-state index in [1.807, 2.05) is 0 Å². The van der Waals surface area contributed by atoms with Crippen molar-refractivity contribution >= 4 is 39.8 Å². The molecule has 0 atom stereocenters. The molecule has 0 aliphatic heterocycles. The van der Waals surface area contributed by atoms with E-state index < -0.39 is 11.7 Å². The first kappa shape index (κ1) is 21.2. The fraction of sp³-hybridized carbons (Fsp3) is 0.273. The number of alkyl halides is 3. The molecule has 5 nitrogen and oxygen atoms in total. The van der Waals surface area contributed by atoms with E-state index in [-0.39, 0.29) is 34.9 Å². The zero-order chi connectivity index (χ0) is 22.2. The van der Waals surface area contributed by atoms with Gasteiger partial charge in [-0.3, -0.25) is 4.79 Å². The molecular formula is C22H19ClF3N3O2. The maximum atomic E-state index is 13.6. The fourth-order valence-electron chi connectivity index (χ4n) is 3.21. The number of benzene rings is 2. The van der Waals surface area contributed by atoms with Gasteiger partial charge in [-0.15, -0.1) is 0 Å². The van der Waals surface area contributed by atoms with Crippen molar-refractivity contribution in [1.82, 2.24) is 4.98 Å². The molecule has 1 saturated carbocycles. The maximum absolute atomic E-state index is 13.6. The van der Waals surface area contributed by atoms with Crippen molar-refractivity contribution in [2.75, 3.05) is 17.7 Å². The molecule has 0 saturated heterocycles. The number of anilines is 2.